The predicted octanol–water partition coefficient (Wildman–Crippen LogP) is 2.99. The van der Waals surface area contributed by atoms with Gasteiger partial charge in [0.2, 0.25) is 0 Å². The topological polar surface area (TPSA) is 21.3 Å². The number of ether oxygens (including phenoxy) is 1. The Hall–Kier alpha value is -1.28. The maximum Gasteiger partial charge on any atom is 0.125 e. The highest BCUT2D eigenvalue weighted by Gasteiger charge is 2.20. The molecule has 0 radical (unpaired) electrons. The van der Waals surface area contributed by atoms with E-state index in [1.807, 2.05) is 0 Å². The number of hydrogen-bond acceptors (Lipinski definition) is 2. The van der Waals surface area contributed by atoms with E-state index in [0.717, 1.165) is 23.9 Å². The lowest BCUT2D eigenvalue weighted by Gasteiger charge is -2.13. The largest absolute Gasteiger partial charge is 0.489 e. The van der Waals surface area contributed by atoms with Crippen LogP contribution < -0.4 is 10.1 Å². The van der Waals surface area contributed by atoms with Gasteiger partial charge in [-0.15, -0.1) is 0 Å². The zero-order chi connectivity index (χ0) is 12.3. The van der Waals surface area contributed by atoms with E-state index in [9.17, 15) is 0 Å². The van der Waals surface area contributed by atoms with Gasteiger partial charge >= 0.3 is 0 Å². The van der Waals surface area contributed by atoms with Crippen LogP contribution in [0.3, 0.4) is 0 Å². The smallest absolute Gasteiger partial charge is 0.125 e. The fraction of sp³-hybridized carbons (Fsp3) is 0.467. The van der Waals surface area contributed by atoms with Gasteiger partial charge in [0, 0.05) is 12.6 Å². The second-order valence-corrected chi connectivity index (χ2v) is 4.91. The Labute approximate surface area is 104 Å². The first-order valence-corrected chi connectivity index (χ1v) is 6.26. The van der Waals surface area contributed by atoms with E-state index in [2.05, 4.69) is 43.9 Å². The zero-order valence-electron chi connectivity index (χ0n) is 10.8. The van der Waals surface area contributed by atoms with E-state index < -0.39 is 0 Å². The first kappa shape index (κ1) is 12.2. The summed E-state index contributed by atoms with van der Waals surface area (Å²) in [6, 6.07) is 6.94. The Morgan fingerprint density at radius 3 is 2.59 bits per heavy atom. The molecule has 0 saturated heterocycles. The molecule has 0 aromatic heterocycles. The molecule has 0 atom stereocenters. The van der Waals surface area contributed by atoms with Crippen LogP contribution in [-0.2, 0) is 0 Å². The van der Waals surface area contributed by atoms with Gasteiger partial charge in [-0.3, -0.25) is 0 Å². The number of benzene rings is 1. The van der Waals surface area contributed by atoms with Crippen molar-refractivity contribution in [2.24, 2.45) is 0 Å². The molecule has 0 amide bonds. The lowest BCUT2D eigenvalue weighted by atomic mass is 10.1. The minimum absolute atomic E-state index is 0.603. The summed E-state index contributed by atoms with van der Waals surface area (Å²) in [5.41, 5.74) is 3.49. The summed E-state index contributed by atoms with van der Waals surface area (Å²) in [5.74, 6) is 1.00. The van der Waals surface area contributed by atoms with E-state index >= 15 is 0 Å². The average Bonchev–Trinajstić information content (AvgIpc) is 3.09. The Balaban J connectivity index is 1.81. The maximum absolute atomic E-state index is 5.84. The minimum atomic E-state index is 0.603. The zero-order valence-corrected chi connectivity index (χ0v) is 10.8. The molecule has 17 heavy (non-hydrogen) atoms. The molecule has 2 rings (SSSR count). The molecule has 1 N–H and O–H groups in total. The summed E-state index contributed by atoms with van der Waals surface area (Å²) in [6.45, 7) is 9.67. The van der Waals surface area contributed by atoms with E-state index in [1.54, 1.807) is 0 Å². The van der Waals surface area contributed by atoms with Crippen molar-refractivity contribution in [1.29, 1.82) is 0 Å². The molecule has 0 spiro atoms. The highest BCUT2D eigenvalue weighted by atomic mass is 16.5. The quantitative estimate of drug-likeness (QED) is 0.760. The molecule has 92 valence electrons. The van der Waals surface area contributed by atoms with Crippen LogP contribution in [-0.4, -0.2) is 19.2 Å². The van der Waals surface area contributed by atoms with Crippen LogP contribution in [0, 0.1) is 13.8 Å². The van der Waals surface area contributed by atoms with E-state index in [-0.39, 0.29) is 0 Å². The first-order valence-electron chi connectivity index (χ1n) is 6.26. The Morgan fingerprint density at radius 2 is 2.00 bits per heavy atom. The third-order valence-corrected chi connectivity index (χ3v) is 3.05. The molecular formula is C15H21NO. The Morgan fingerprint density at radius 1 is 1.35 bits per heavy atom. The predicted molar refractivity (Wildman–Crippen MR) is 71.6 cm³/mol. The molecule has 1 aliphatic rings. The number of hydrogen-bond donors (Lipinski definition) is 1. The molecule has 2 heteroatoms. The third-order valence-electron chi connectivity index (χ3n) is 3.05. The lowest BCUT2D eigenvalue weighted by Crippen LogP contribution is -2.21. The van der Waals surface area contributed by atoms with Crippen LogP contribution in [0.1, 0.15) is 24.0 Å². The van der Waals surface area contributed by atoms with Gasteiger partial charge in [-0.1, -0.05) is 24.8 Å². The van der Waals surface area contributed by atoms with Gasteiger partial charge in [-0.25, -0.2) is 0 Å². The Kier molecular flexibility index (Phi) is 3.85. The molecule has 1 saturated carbocycles. The highest BCUT2D eigenvalue weighted by Crippen LogP contribution is 2.23. The molecule has 0 bridgehead atoms. The molecule has 1 aromatic carbocycles. The molecule has 0 unspecified atom stereocenters. The maximum atomic E-state index is 5.84. The van der Waals surface area contributed by atoms with Crippen molar-refractivity contribution < 1.29 is 4.74 Å². The van der Waals surface area contributed by atoms with Crippen LogP contribution >= 0.6 is 0 Å². The third kappa shape index (κ3) is 3.60. The van der Waals surface area contributed by atoms with Crippen molar-refractivity contribution in [3.05, 3.63) is 41.5 Å². The van der Waals surface area contributed by atoms with Crippen molar-refractivity contribution in [3.63, 3.8) is 0 Å². The van der Waals surface area contributed by atoms with Gasteiger partial charge in [0.1, 0.15) is 12.4 Å². The highest BCUT2D eigenvalue weighted by molar-refractivity contribution is 5.39. The lowest BCUT2D eigenvalue weighted by molar-refractivity contribution is 0.343. The summed E-state index contributed by atoms with van der Waals surface area (Å²) in [6.07, 6.45) is 2.62. The van der Waals surface area contributed by atoms with Crippen molar-refractivity contribution in [2.45, 2.75) is 32.7 Å². The van der Waals surface area contributed by atoms with Crippen LogP contribution in [0.2, 0.25) is 0 Å². The molecule has 1 fully saturated rings. The van der Waals surface area contributed by atoms with Gasteiger partial charge in [0.05, 0.1) is 0 Å². The molecule has 2 nitrogen and oxygen atoms in total. The first-order chi connectivity index (χ1) is 8.16. The second kappa shape index (κ2) is 5.37. The molecular weight excluding hydrogens is 210 g/mol. The summed E-state index contributed by atoms with van der Waals surface area (Å²) in [4.78, 5) is 0. The van der Waals surface area contributed by atoms with Crippen molar-refractivity contribution in [2.75, 3.05) is 13.2 Å². The van der Waals surface area contributed by atoms with Gasteiger partial charge in [0.25, 0.3) is 0 Å². The SMILES string of the molecule is C=C(CNC1CC1)COc1c(C)cccc1C. The van der Waals surface area contributed by atoms with Crippen molar-refractivity contribution >= 4 is 0 Å². The van der Waals surface area contributed by atoms with Crippen LogP contribution in [0.25, 0.3) is 0 Å². The number of aryl methyl sites for hydroxylation is 2. The second-order valence-electron chi connectivity index (χ2n) is 4.91. The number of nitrogens with one attached hydrogen (secondary N) is 1. The summed E-state index contributed by atoms with van der Waals surface area (Å²) in [7, 11) is 0. The summed E-state index contributed by atoms with van der Waals surface area (Å²) >= 11 is 0. The van der Waals surface area contributed by atoms with Gasteiger partial charge in [-0.05, 0) is 43.4 Å². The van der Waals surface area contributed by atoms with E-state index in [1.165, 1.54) is 24.0 Å². The van der Waals surface area contributed by atoms with E-state index in [4.69, 9.17) is 4.74 Å². The van der Waals surface area contributed by atoms with Gasteiger partial charge in [-0.2, -0.15) is 0 Å². The van der Waals surface area contributed by atoms with Crippen molar-refractivity contribution in [1.82, 2.24) is 5.32 Å². The van der Waals surface area contributed by atoms with Crippen LogP contribution in [0.5, 0.6) is 5.75 Å². The minimum Gasteiger partial charge on any atom is -0.489 e. The van der Waals surface area contributed by atoms with Gasteiger partial charge in [0.15, 0.2) is 0 Å². The summed E-state index contributed by atoms with van der Waals surface area (Å²) in [5, 5.41) is 3.44. The molecule has 1 aromatic rings. The molecule has 1 aliphatic carbocycles. The van der Waals surface area contributed by atoms with Crippen molar-refractivity contribution in [3.8, 4) is 5.75 Å². The molecule has 0 heterocycles. The van der Waals surface area contributed by atoms with Gasteiger partial charge < -0.3 is 10.1 Å². The number of para-hydroxylation sites is 1. The van der Waals surface area contributed by atoms with Crippen LogP contribution in [0.15, 0.2) is 30.4 Å². The van der Waals surface area contributed by atoms with Crippen LogP contribution in [0.4, 0.5) is 0 Å². The van der Waals surface area contributed by atoms with E-state index in [0.29, 0.717) is 6.61 Å². The Bertz CT molecular complexity index is 387. The fourth-order valence-corrected chi connectivity index (χ4v) is 1.83. The monoisotopic (exact) mass is 231 g/mol. The fourth-order valence-electron chi connectivity index (χ4n) is 1.83. The number of rotatable bonds is 6. The molecule has 0 aliphatic heterocycles. The normalized spacial score (nSPS) is 14.7. The average molecular weight is 231 g/mol. The standard InChI is InChI=1S/C15H21NO/c1-11(9-16-14-7-8-14)10-17-15-12(2)5-4-6-13(15)3/h4-6,14,16H,1,7-10H2,2-3H3. The summed E-state index contributed by atoms with van der Waals surface area (Å²) < 4.78 is 5.84.